The molecule has 0 spiro atoms. The Labute approximate surface area is 195 Å². The van der Waals surface area contributed by atoms with E-state index in [0.29, 0.717) is 16.7 Å². The summed E-state index contributed by atoms with van der Waals surface area (Å²) in [5, 5.41) is 5.97. The Hall–Kier alpha value is -4.52. The van der Waals surface area contributed by atoms with Gasteiger partial charge < -0.3 is 9.30 Å². The molecule has 7 heteroatoms. The lowest BCUT2D eigenvalue weighted by molar-refractivity contribution is -0.143. The first-order valence-electron chi connectivity index (χ1n) is 10.9. The third kappa shape index (κ3) is 3.67. The van der Waals surface area contributed by atoms with Crippen LogP contribution in [0.15, 0.2) is 95.0 Å². The first-order chi connectivity index (χ1) is 16.6. The van der Waals surface area contributed by atoms with Crippen molar-refractivity contribution in [2.45, 2.75) is 13.0 Å². The predicted molar refractivity (Wildman–Crippen MR) is 133 cm³/mol. The minimum Gasteiger partial charge on any atom is -0.467 e. The second-order valence-electron chi connectivity index (χ2n) is 7.89. The van der Waals surface area contributed by atoms with Gasteiger partial charge in [0.1, 0.15) is 6.04 Å². The number of rotatable bonds is 5. The molecule has 2 heterocycles. The molecule has 0 saturated heterocycles. The van der Waals surface area contributed by atoms with Crippen molar-refractivity contribution in [1.29, 1.82) is 0 Å². The number of para-hydroxylation sites is 2. The van der Waals surface area contributed by atoms with E-state index in [0.717, 1.165) is 22.0 Å². The first-order valence-corrected chi connectivity index (χ1v) is 10.9. The fraction of sp³-hybridized carbons (Fsp3) is 0.111. The van der Waals surface area contributed by atoms with Crippen LogP contribution in [0.25, 0.3) is 33.2 Å². The lowest BCUT2D eigenvalue weighted by Gasteiger charge is -2.12. The van der Waals surface area contributed by atoms with Crippen LogP contribution in [-0.4, -0.2) is 33.5 Å². The lowest BCUT2D eigenvalue weighted by atomic mass is 10.2. The van der Waals surface area contributed by atoms with Crippen molar-refractivity contribution in [2.75, 3.05) is 7.11 Å². The molecule has 0 aliphatic carbocycles. The SMILES string of the molecule is COC(=O)[C@H](C)n1cc(C=Nn2c(-c3ccccc3)nc3ccccc3c2=O)c2ccccc21. The largest absolute Gasteiger partial charge is 0.467 e. The lowest BCUT2D eigenvalue weighted by Crippen LogP contribution is -2.20. The summed E-state index contributed by atoms with van der Waals surface area (Å²) >= 11 is 0. The van der Waals surface area contributed by atoms with E-state index >= 15 is 0 Å². The van der Waals surface area contributed by atoms with Gasteiger partial charge in [0.2, 0.25) is 0 Å². The van der Waals surface area contributed by atoms with Gasteiger partial charge in [-0.05, 0) is 25.1 Å². The maximum absolute atomic E-state index is 13.4. The average molecular weight is 450 g/mol. The number of fused-ring (bicyclic) bond motifs is 2. The first kappa shape index (κ1) is 21.3. The zero-order valence-corrected chi connectivity index (χ0v) is 18.8. The third-order valence-electron chi connectivity index (χ3n) is 5.83. The summed E-state index contributed by atoms with van der Waals surface area (Å²) in [4.78, 5) is 30.3. The number of hydrogen-bond donors (Lipinski definition) is 0. The van der Waals surface area contributed by atoms with Crippen molar-refractivity contribution >= 4 is 34.0 Å². The Balaban J connectivity index is 1.69. The summed E-state index contributed by atoms with van der Waals surface area (Å²) in [7, 11) is 1.37. The van der Waals surface area contributed by atoms with Crippen LogP contribution in [0, 0.1) is 0 Å². The Bertz CT molecular complexity index is 1600. The highest BCUT2D eigenvalue weighted by atomic mass is 16.5. The summed E-state index contributed by atoms with van der Waals surface area (Å²) < 4.78 is 8.10. The Kier molecular flexibility index (Phi) is 5.51. The van der Waals surface area contributed by atoms with E-state index < -0.39 is 6.04 Å². The van der Waals surface area contributed by atoms with Crippen LogP contribution in [0.4, 0.5) is 0 Å². The molecule has 0 unspecified atom stereocenters. The molecule has 0 radical (unpaired) electrons. The second kappa shape index (κ2) is 8.78. The van der Waals surface area contributed by atoms with Gasteiger partial charge in [0.25, 0.3) is 5.56 Å². The highest BCUT2D eigenvalue weighted by Crippen LogP contribution is 2.25. The van der Waals surface area contributed by atoms with Gasteiger partial charge in [-0.1, -0.05) is 60.7 Å². The molecule has 0 bridgehead atoms. The molecule has 168 valence electrons. The number of methoxy groups -OCH3 is 1. The molecule has 34 heavy (non-hydrogen) atoms. The maximum atomic E-state index is 13.4. The molecule has 2 aromatic heterocycles. The van der Waals surface area contributed by atoms with Crippen molar-refractivity contribution in [3.8, 4) is 11.4 Å². The molecule has 7 nitrogen and oxygen atoms in total. The topological polar surface area (TPSA) is 78.5 Å². The molecule has 5 rings (SSSR count). The Morgan fingerprint density at radius 1 is 0.971 bits per heavy atom. The summed E-state index contributed by atoms with van der Waals surface area (Å²) in [5.41, 5.74) is 2.78. The van der Waals surface area contributed by atoms with E-state index in [1.807, 2.05) is 83.6 Å². The number of ether oxygens (including phenoxy) is 1. The van der Waals surface area contributed by atoms with Gasteiger partial charge in [0, 0.05) is 28.2 Å². The Morgan fingerprint density at radius 3 is 2.41 bits per heavy atom. The van der Waals surface area contributed by atoms with Crippen LogP contribution >= 0.6 is 0 Å². The van der Waals surface area contributed by atoms with Crippen molar-refractivity contribution in [3.05, 3.63) is 101 Å². The molecule has 0 aliphatic rings. The van der Waals surface area contributed by atoms with Crippen LogP contribution < -0.4 is 5.56 Å². The van der Waals surface area contributed by atoms with Crippen LogP contribution in [0.3, 0.4) is 0 Å². The zero-order chi connectivity index (χ0) is 23.7. The number of nitrogens with zero attached hydrogens (tertiary/aromatic N) is 4. The van der Waals surface area contributed by atoms with Crippen molar-refractivity contribution < 1.29 is 9.53 Å². The highest BCUT2D eigenvalue weighted by molar-refractivity contribution is 6.00. The van der Waals surface area contributed by atoms with Gasteiger partial charge in [0.05, 0.1) is 24.2 Å². The number of carbonyl (C=O) groups excluding carboxylic acids is 1. The normalized spacial score (nSPS) is 12.4. The van der Waals surface area contributed by atoms with Crippen molar-refractivity contribution in [2.24, 2.45) is 5.10 Å². The van der Waals surface area contributed by atoms with Gasteiger partial charge >= 0.3 is 5.97 Å². The molecule has 0 fully saturated rings. The number of carbonyl (C=O) groups is 1. The van der Waals surface area contributed by atoms with Gasteiger partial charge in [0.15, 0.2) is 5.82 Å². The zero-order valence-electron chi connectivity index (χ0n) is 18.8. The monoisotopic (exact) mass is 450 g/mol. The molecule has 0 N–H and O–H groups in total. The standard InChI is InChI=1S/C27H22N4O3/c1-18(27(33)34-2)30-17-20(21-12-7-9-15-24(21)30)16-28-31-25(19-10-4-3-5-11-19)29-23-14-8-6-13-22(23)26(31)32/h3-18H,1-2H3/t18-/m0/s1. The fourth-order valence-corrected chi connectivity index (χ4v) is 4.06. The number of aromatic nitrogens is 3. The molecule has 0 amide bonds. The van der Waals surface area contributed by atoms with E-state index in [2.05, 4.69) is 5.10 Å². The van der Waals surface area contributed by atoms with Crippen molar-refractivity contribution in [1.82, 2.24) is 14.2 Å². The van der Waals surface area contributed by atoms with E-state index in [4.69, 9.17) is 9.72 Å². The molecule has 3 aromatic carbocycles. The van der Waals surface area contributed by atoms with E-state index in [9.17, 15) is 9.59 Å². The van der Waals surface area contributed by atoms with Gasteiger partial charge in [-0.2, -0.15) is 9.78 Å². The van der Waals surface area contributed by atoms with Crippen molar-refractivity contribution in [3.63, 3.8) is 0 Å². The maximum Gasteiger partial charge on any atom is 0.328 e. The molecular formula is C27H22N4O3. The smallest absolute Gasteiger partial charge is 0.328 e. The van der Waals surface area contributed by atoms with Crippen LogP contribution in [-0.2, 0) is 9.53 Å². The molecule has 1 atom stereocenters. The summed E-state index contributed by atoms with van der Waals surface area (Å²) in [6.45, 7) is 1.78. The van der Waals surface area contributed by atoms with Crippen LogP contribution in [0.2, 0.25) is 0 Å². The number of esters is 1. The number of benzene rings is 3. The summed E-state index contributed by atoms with van der Waals surface area (Å²) in [6, 6.07) is 23.9. The van der Waals surface area contributed by atoms with Crippen LogP contribution in [0.1, 0.15) is 18.5 Å². The highest BCUT2D eigenvalue weighted by Gasteiger charge is 2.19. The van der Waals surface area contributed by atoms with Gasteiger partial charge in [-0.3, -0.25) is 4.79 Å². The van der Waals surface area contributed by atoms with Gasteiger partial charge in [-0.25, -0.2) is 9.78 Å². The second-order valence-corrected chi connectivity index (χ2v) is 7.89. The molecular weight excluding hydrogens is 428 g/mol. The minimum atomic E-state index is -0.512. The fourth-order valence-electron chi connectivity index (χ4n) is 4.06. The quantitative estimate of drug-likeness (QED) is 0.289. The minimum absolute atomic E-state index is 0.257. The molecule has 0 saturated carbocycles. The third-order valence-corrected chi connectivity index (χ3v) is 5.83. The molecule has 5 aromatic rings. The van der Waals surface area contributed by atoms with E-state index in [-0.39, 0.29) is 11.5 Å². The van der Waals surface area contributed by atoms with Gasteiger partial charge in [-0.15, -0.1) is 0 Å². The van der Waals surface area contributed by atoms with Crippen LogP contribution in [0.5, 0.6) is 0 Å². The summed E-state index contributed by atoms with van der Waals surface area (Å²) in [6.07, 6.45) is 3.48. The average Bonchev–Trinajstić information content (AvgIpc) is 3.26. The molecule has 0 aliphatic heterocycles. The Morgan fingerprint density at radius 2 is 1.65 bits per heavy atom. The van der Waals surface area contributed by atoms with E-state index in [1.165, 1.54) is 11.8 Å². The predicted octanol–water partition coefficient (Wildman–Crippen LogP) is 4.63. The number of hydrogen-bond acceptors (Lipinski definition) is 5. The van der Waals surface area contributed by atoms with E-state index in [1.54, 1.807) is 19.2 Å². The summed E-state index contributed by atoms with van der Waals surface area (Å²) in [5.74, 6) is 0.109.